The SMILES string of the molecule is CCCOCCOCCOCCOCCNC(=O)CC. The van der Waals surface area contributed by atoms with E-state index < -0.39 is 0 Å². The van der Waals surface area contributed by atoms with E-state index in [1.807, 2.05) is 6.92 Å². The van der Waals surface area contributed by atoms with Crippen LogP contribution in [0.25, 0.3) is 0 Å². The molecule has 0 aliphatic rings. The van der Waals surface area contributed by atoms with Crippen molar-refractivity contribution in [3.8, 4) is 0 Å². The maximum Gasteiger partial charge on any atom is 0.219 e. The Hall–Kier alpha value is -0.690. The van der Waals surface area contributed by atoms with Gasteiger partial charge in [-0.05, 0) is 6.42 Å². The Bertz CT molecular complexity index is 214. The van der Waals surface area contributed by atoms with E-state index in [2.05, 4.69) is 12.2 Å². The van der Waals surface area contributed by atoms with E-state index >= 15 is 0 Å². The lowest BCUT2D eigenvalue weighted by molar-refractivity contribution is -0.121. The molecule has 0 saturated carbocycles. The second-order valence-corrected chi connectivity index (χ2v) is 4.15. The van der Waals surface area contributed by atoms with Gasteiger partial charge in [-0.3, -0.25) is 4.79 Å². The average Bonchev–Trinajstić information content (AvgIpc) is 2.47. The van der Waals surface area contributed by atoms with Gasteiger partial charge >= 0.3 is 0 Å². The molecule has 0 aliphatic heterocycles. The van der Waals surface area contributed by atoms with Crippen molar-refractivity contribution in [2.45, 2.75) is 26.7 Å². The van der Waals surface area contributed by atoms with Crippen molar-refractivity contribution in [3.63, 3.8) is 0 Å². The van der Waals surface area contributed by atoms with Crippen molar-refractivity contribution in [3.05, 3.63) is 0 Å². The lowest BCUT2D eigenvalue weighted by Gasteiger charge is -2.07. The molecule has 0 aliphatic carbocycles. The highest BCUT2D eigenvalue weighted by Gasteiger charge is 1.95. The molecule has 1 amide bonds. The largest absolute Gasteiger partial charge is 0.379 e. The fourth-order valence-corrected chi connectivity index (χ4v) is 1.29. The molecule has 6 nitrogen and oxygen atoms in total. The van der Waals surface area contributed by atoms with Gasteiger partial charge in [-0.25, -0.2) is 0 Å². The normalized spacial score (nSPS) is 10.7. The predicted molar refractivity (Wildman–Crippen MR) is 76.9 cm³/mol. The molecule has 0 aromatic heterocycles. The fraction of sp³-hybridized carbons (Fsp3) is 0.929. The zero-order valence-electron chi connectivity index (χ0n) is 12.8. The van der Waals surface area contributed by atoms with Crippen LogP contribution in [-0.2, 0) is 23.7 Å². The Morgan fingerprint density at radius 1 is 0.750 bits per heavy atom. The highest BCUT2D eigenvalue weighted by atomic mass is 16.6. The van der Waals surface area contributed by atoms with Gasteiger partial charge in [-0.15, -0.1) is 0 Å². The third kappa shape index (κ3) is 15.4. The molecular weight excluding hydrogens is 262 g/mol. The van der Waals surface area contributed by atoms with Crippen LogP contribution < -0.4 is 5.32 Å². The first-order chi connectivity index (χ1) is 9.81. The molecule has 120 valence electrons. The topological polar surface area (TPSA) is 66.0 Å². The van der Waals surface area contributed by atoms with Gasteiger partial charge in [-0.2, -0.15) is 0 Å². The summed E-state index contributed by atoms with van der Waals surface area (Å²) in [6.45, 7) is 9.20. The molecule has 0 rings (SSSR count). The number of amides is 1. The monoisotopic (exact) mass is 291 g/mol. The van der Waals surface area contributed by atoms with Crippen molar-refractivity contribution < 1.29 is 23.7 Å². The summed E-state index contributed by atoms with van der Waals surface area (Å²) >= 11 is 0. The first-order valence-corrected chi connectivity index (χ1v) is 7.38. The van der Waals surface area contributed by atoms with E-state index in [1.54, 1.807) is 0 Å². The number of rotatable bonds is 15. The Morgan fingerprint density at radius 2 is 1.20 bits per heavy atom. The van der Waals surface area contributed by atoms with Gasteiger partial charge in [0.1, 0.15) is 0 Å². The van der Waals surface area contributed by atoms with Gasteiger partial charge < -0.3 is 24.3 Å². The van der Waals surface area contributed by atoms with Gasteiger partial charge in [0.05, 0.1) is 46.2 Å². The highest BCUT2D eigenvalue weighted by Crippen LogP contribution is 1.84. The first-order valence-electron chi connectivity index (χ1n) is 7.38. The second kappa shape index (κ2) is 16.4. The molecular formula is C14H29NO5. The quantitative estimate of drug-likeness (QED) is 0.456. The maximum absolute atomic E-state index is 10.9. The Balaban J connectivity index is 2.97. The zero-order valence-corrected chi connectivity index (χ0v) is 12.8. The molecule has 0 aromatic rings. The molecule has 0 spiro atoms. The molecule has 1 N–H and O–H groups in total. The molecule has 0 aromatic carbocycles. The van der Waals surface area contributed by atoms with E-state index in [9.17, 15) is 4.79 Å². The Kier molecular flexibility index (Phi) is 15.8. The van der Waals surface area contributed by atoms with E-state index in [4.69, 9.17) is 18.9 Å². The number of hydrogen-bond acceptors (Lipinski definition) is 5. The van der Waals surface area contributed by atoms with E-state index in [0.717, 1.165) is 13.0 Å². The molecule has 0 atom stereocenters. The fourth-order valence-electron chi connectivity index (χ4n) is 1.29. The third-order valence-electron chi connectivity index (χ3n) is 2.35. The molecule has 20 heavy (non-hydrogen) atoms. The smallest absolute Gasteiger partial charge is 0.219 e. The molecule has 0 heterocycles. The van der Waals surface area contributed by atoms with Crippen molar-refractivity contribution in [2.75, 3.05) is 59.4 Å². The highest BCUT2D eigenvalue weighted by molar-refractivity contribution is 5.75. The zero-order chi connectivity index (χ0) is 14.9. The minimum atomic E-state index is 0.0462. The number of carbonyl (C=O) groups is 1. The maximum atomic E-state index is 10.9. The van der Waals surface area contributed by atoms with Crippen LogP contribution in [0.4, 0.5) is 0 Å². The molecule has 0 saturated heterocycles. The minimum Gasteiger partial charge on any atom is -0.379 e. The van der Waals surface area contributed by atoms with Crippen LogP contribution in [0, 0.1) is 0 Å². The first kappa shape index (κ1) is 19.3. The Labute approximate surface area is 122 Å². The van der Waals surface area contributed by atoms with Crippen LogP contribution in [0.3, 0.4) is 0 Å². The number of ether oxygens (including phenoxy) is 4. The standard InChI is InChI=1S/C14H29NO5/c1-3-6-17-8-10-19-12-13-20-11-9-18-7-5-15-14(16)4-2/h3-13H2,1-2H3,(H,15,16). The van der Waals surface area contributed by atoms with Crippen molar-refractivity contribution in [1.29, 1.82) is 0 Å². The van der Waals surface area contributed by atoms with E-state index in [0.29, 0.717) is 59.2 Å². The molecule has 0 fully saturated rings. The molecule has 0 radical (unpaired) electrons. The summed E-state index contributed by atoms with van der Waals surface area (Å²) in [7, 11) is 0. The van der Waals surface area contributed by atoms with Crippen molar-refractivity contribution in [2.24, 2.45) is 0 Å². The van der Waals surface area contributed by atoms with Gasteiger partial charge in [0.25, 0.3) is 0 Å². The lowest BCUT2D eigenvalue weighted by Crippen LogP contribution is -2.26. The summed E-state index contributed by atoms with van der Waals surface area (Å²) in [6, 6.07) is 0. The summed E-state index contributed by atoms with van der Waals surface area (Å²) in [6.07, 6.45) is 1.54. The predicted octanol–water partition coefficient (Wildman–Crippen LogP) is 0.989. The number of hydrogen-bond donors (Lipinski definition) is 1. The summed E-state index contributed by atoms with van der Waals surface area (Å²) in [5.41, 5.74) is 0. The lowest BCUT2D eigenvalue weighted by atomic mass is 10.4. The van der Waals surface area contributed by atoms with E-state index in [-0.39, 0.29) is 5.91 Å². The average molecular weight is 291 g/mol. The van der Waals surface area contributed by atoms with Crippen LogP contribution in [0.2, 0.25) is 0 Å². The van der Waals surface area contributed by atoms with Crippen LogP contribution in [0.5, 0.6) is 0 Å². The summed E-state index contributed by atoms with van der Waals surface area (Å²) in [4.78, 5) is 10.9. The number of carbonyl (C=O) groups excluding carboxylic acids is 1. The van der Waals surface area contributed by atoms with Gasteiger partial charge in [0.2, 0.25) is 5.91 Å². The molecule has 0 bridgehead atoms. The van der Waals surface area contributed by atoms with E-state index in [1.165, 1.54) is 0 Å². The van der Waals surface area contributed by atoms with Crippen LogP contribution in [0.15, 0.2) is 0 Å². The second-order valence-electron chi connectivity index (χ2n) is 4.15. The van der Waals surface area contributed by atoms with Gasteiger partial charge in [-0.1, -0.05) is 13.8 Å². The summed E-state index contributed by atoms with van der Waals surface area (Å²) < 4.78 is 21.2. The van der Waals surface area contributed by atoms with Gasteiger partial charge in [0.15, 0.2) is 0 Å². The van der Waals surface area contributed by atoms with Crippen LogP contribution in [-0.4, -0.2) is 65.3 Å². The van der Waals surface area contributed by atoms with Crippen LogP contribution in [0.1, 0.15) is 26.7 Å². The minimum absolute atomic E-state index is 0.0462. The van der Waals surface area contributed by atoms with Crippen molar-refractivity contribution in [1.82, 2.24) is 5.32 Å². The summed E-state index contributed by atoms with van der Waals surface area (Å²) in [5.74, 6) is 0.0462. The van der Waals surface area contributed by atoms with Gasteiger partial charge in [0, 0.05) is 19.6 Å². The van der Waals surface area contributed by atoms with Crippen LogP contribution >= 0.6 is 0 Å². The molecule has 6 heteroatoms. The number of nitrogens with one attached hydrogen (secondary N) is 1. The summed E-state index contributed by atoms with van der Waals surface area (Å²) in [5, 5.41) is 2.74. The molecule has 0 unspecified atom stereocenters. The van der Waals surface area contributed by atoms with Crippen molar-refractivity contribution >= 4 is 5.91 Å². The Morgan fingerprint density at radius 3 is 1.65 bits per heavy atom. The third-order valence-corrected chi connectivity index (χ3v) is 2.35.